The molecule has 1 N–H and O–H groups in total. The Morgan fingerprint density at radius 1 is 1.27 bits per heavy atom. The van der Waals surface area contributed by atoms with E-state index < -0.39 is 0 Å². The molecule has 0 amide bonds. The summed E-state index contributed by atoms with van der Waals surface area (Å²) in [5, 5.41) is 2.98. The van der Waals surface area contributed by atoms with Crippen molar-refractivity contribution in [3.63, 3.8) is 0 Å². The van der Waals surface area contributed by atoms with Gasteiger partial charge in [-0.05, 0) is 56.1 Å². The first-order valence-corrected chi connectivity index (χ1v) is 5.81. The minimum atomic E-state index is 0.182. The standard InChI is InChI=1S/C12H20BrNO/c1-9(2)15-12(7-11(4)13)6-10(3)8-14-5/h6-9,14H,1-5H3/b10-8+,11-7+,12-6+. The Kier molecular flexibility index (Phi) is 7.22. The van der Waals surface area contributed by atoms with Crippen molar-refractivity contribution in [2.45, 2.75) is 33.8 Å². The molecule has 0 atom stereocenters. The maximum Gasteiger partial charge on any atom is 0.120 e. The molecule has 0 aliphatic carbocycles. The van der Waals surface area contributed by atoms with Crippen LogP contribution >= 0.6 is 15.9 Å². The normalized spacial score (nSPS) is 14.5. The van der Waals surface area contributed by atoms with Gasteiger partial charge in [0, 0.05) is 7.05 Å². The summed E-state index contributed by atoms with van der Waals surface area (Å²) in [5.74, 6) is 0.864. The quantitative estimate of drug-likeness (QED) is 0.609. The summed E-state index contributed by atoms with van der Waals surface area (Å²) in [5.41, 5.74) is 1.12. The Labute approximate surface area is 101 Å². The highest BCUT2D eigenvalue weighted by Crippen LogP contribution is 2.13. The first-order chi connectivity index (χ1) is 6.95. The zero-order valence-corrected chi connectivity index (χ0v) is 11.7. The highest BCUT2D eigenvalue weighted by molar-refractivity contribution is 9.11. The lowest BCUT2D eigenvalue weighted by atomic mass is 10.2. The van der Waals surface area contributed by atoms with E-state index in [-0.39, 0.29) is 6.10 Å². The molecule has 2 nitrogen and oxygen atoms in total. The van der Waals surface area contributed by atoms with E-state index in [1.54, 1.807) is 0 Å². The summed E-state index contributed by atoms with van der Waals surface area (Å²) in [4.78, 5) is 0. The van der Waals surface area contributed by atoms with Crippen LogP contribution in [-0.4, -0.2) is 13.2 Å². The summed E-state index contributed by atoms with van der Waals surface area (Å²) in [7, 11) is 1.88. The molecule has 0 saturated heterocycles. The maximum absolute atomic E-state index is 5.66. The van der Waals surface area contributed by atoms with Crippen molar-refractivity contribution in [1.29, 1.82) is 0 Å². The first-order valence-electron chi connectivity index (χ1n) is 5.02. The molecule has 0 unspecified atom stereocenters. The summed E-state index contributed by atoms with van der Waals surface area (Å²) in [6.45, 7) is 8.04. The van der Waals surface area contributed by atoms with Gasteiger partial charge in [-0.15, -0.1) is 0 Å². The number of hydrogen-bond acceptors (Lipinski definition) is 2. The molecule has 0 aromatic carbocycles. The zero-order chi connectivity index (χ0) is 11.8. The minimum absolute atomic E-state index is 0.182. The number of ether oxygens (including phenoxy) is 1. The lowest BCUT2D eigenvalue weighted by Gasteiger charge is -2.11. The van der Waals surface area contributed by atoms with Crippen LogP contribution in [0.25, 0.3) is 0 Å². The largest absolute Gasteiger partial charge is 0.491 e. The molecular weight excluding hydrogens is 254 g/mol. The van der Waals surface area contributed by atoms with Gasteiger partial charge >= 0.3 is 0 Å². The average molecular weight is 274 g/mol. The average Bonchev–Trinajstić information content (AvgIpc) is 2.00. The van der Waals surface area contributed by atoms with Gasteiger partial charge in [0.05, 0.1) is 6.10 Å². The lowest BCUT2D eigenvalue weighted by molar-refractivity contribution is 0.157. The van der Waals surface area contributed by atoms with Gasteiger partial charge in [-0.25, -0.2) is 0 Å². The second-order valence-electron chi connectivity index (χ2n) is 3.62. The van der Waals surface area contributed by atoms with E-state index >= 15 is 0 Å². The number of allylic oxidation sites excluding steroid dienone is 4. The van der Waals surface area contributed by atoms with Gasteiger partial charge in [0.25, 0.3) is 0 Å². The summed E-state index contributed by atoms with van der Waals surface area (Å²) >= 11 is 3.40. The predicted molar refractivity (Wildman–Crippen MR) is 69.8 cm³/mol. The minimum Gasteiger partial charge on any atom is -0.491 e. The van der Waals surface area contributed by atoms with Gasteiger partial charge in [-0.3, -0.25) is 0 Å². The highest BCUT2D eigenvalue weighted by atomic mass is 79.9. The fourth-order valence-corrected chi connectivity index (χ4v) is 1.30. The van der Waals surface area contributed by atoms with Crippen LogP contribution in [0.4, 0.5) is 0 Å². The molecule has 15 heavy (non-hydrogen) atoms. The third-order valence-corrected chi connectivity index (χ3v) is 1.68. The van der Waals surface area contributed by atoms with Crippen LogP contribution in [0.3, 0.4) is 0 Å². The van der Waals surface area contributed by atoms with E-state index in [2.05, 4.69) is 21.2 Å². The highest BCUT2D eigenvalue weighted by Gasteiger charge is 1.99. The molecule has 0 aromatic heterocycles. The van der Waals surface area contributed by atoms with Crippen LogP contribution in [-0.2, 0) is 4.74 Å². The lowest BCUT2D eigenvalue weighted by Crippen LogP contribution is -2.01. The van der Waals surface area contributed by atoms with Crippen LogP contribution in [0.1, 0.15) is 27.7 Å². The van der Waals surface area contributed by atoms with E-state index in [9.17, 15) is 0 Å². The SMILES string of the molecule is CN/C=C(C)/C=C(\C=C(/C)Br)OC(C)C. The molecule has 0 radical (unpaired) electrons. The van der Waals surface area contributed by atoms with Crippen LogP contribution in [0, 0.1) is 0 Å². The molecule has 0 saturated carbocycles. The molecule has 0 heterocycles. The van der Waals surface area contributed by atoms with Crippen LogP contribution in [0.15, 0.2) is 34.2 Å². The van der Waals surface area contributed by atoms with Crippen LogP contribution in [0.5, 0.6) is 0 Å². The van der Waals surface area contributed by atoms with Gasteiger partial charge < -0.3 is 10.1 Å². The van der Waals surface area contributed by atoms with Crippen molar-refractivity contribution in [1.82, 2.24) is 5.32 Å². The van der Waals surface area contributed by atoms with E-state index in [0.717, 1.165) is 15.8 Å². The van der Waals surface area contributed by atoms with Gasteiger partial charge in [-0.1, -0.05) is 15.9 Å². The monoisotopic (exact) mass is 273 g/mol. The van der Waals surface area contributed by atoms with E-state index in [0.29, 0.717) is 0 Å². The number of halogens is 1. The molecule has 0 aliphatic rings. The molecule has 0 aromatic rings. The molecule has 0 aliphatic heterocycles. The Balaban J connectivity index is 4.77. The Morgan fingerprint density at radius 2 is 1.87 bits per heavy atom. The van der Waals surface area contributed by atoms with Crippen molar-refractivity contribution in [3.8, 4) is 0 Å². The molecular formula is C12H20BrNO. The molecule has 0 fully saturated rings. The molecule has 3 heteroatoms. The predicted octanol–water partition coefficient (Wildman–Crippen LogP) is 3.72. The molecule has 0 spiro atoms. The Hall–Kier alpha value is -0.700. The number of hydrogen-bond donors (Lipinski definition) is 1. The summed E-state index contributed by atoms with van der Waals surface area (Å²) < 4.78 is 6.71. The van der Waals surface area contributed by atoms with Gasteiger partial charge in [0.1, 0.15) is 5.76 Å². The smallest absolute Gasteiger partial charge is 0.120 e. The van der Waals surface area contributed by atoms with Crippen LogP contribution < -0.4 is 5.32 Å². The number of nitrogens with one attached hydrogen (secondary N) is 1. The zero-order valence-electron chi connectivity index (χ0n) is 10.1. The van der Waals surface area contributed by atoms with E-state index in [1.165, 1.54) is 0 Å². The second kappa shape index (κ2) is 7.57. The van der Waals surface area contributed by atoms with Crippen molar-refractivity contribution in [2.24, 2.45) is 0 Å². The van der Waals surface area contributed by atoms with Gasteiger partial charge in [0.2, 0.25) is 0 Å². The Bertz CT molecular complexity index is 273. The van der Waals surface area contributed by atoms with Crippen molar-refractivity contribution in [3.05, 3.63) is 34.2 Å². The Morgan fingerprint density at radius 3 is 2.27 bits per heavy atom. The van der Waals surface area contributed by atoms with E-state index in [1.807, 2.05) is 53.1 Å². The topological polar surface area (TPSA) is 21.3 Å². The van der Waals surface area contributed by atoms with Crippen molar-refractivity contribution >= 4 is 15.9 Å². The van der Waals surface area contributed by atoms with Crippen molar-refractivity contribution < 1.29 is 4.74 Å². The summed E-state index contributed by atoms with van der Waals surface area (Å²) in [6.07, 6.45) is 6.08. The fourth-order valence-electron chi connectivity index (χ4n) is 1.07. The van der Waals surface area contributed by atoms with Crippen LogP contribution in [0.2, 0.25) is 0 Å². The molecule has 0 rings (SSSR count). The summed E-state index contributed by atoms with van der Waals surface area (Å²) in [6, 6.07) is 0. The second-order valence-corrected chi connectivity index (χ2v) is 4.87. The van der Waals surface area contributed by atoms with Gasteiger partial charge in [0.15, 0.2) is 0 Å². The maximum atomic E-state index is 5.66. The third kappa shape index (κ3) is 8.30. The molecule has 0 bridgehead atoms. The first kappa shape index (κ1) is 14.3. The number of rotatable bonds is 5. The fraction of sp³-hybridized carbons (Fsp3) is 0.500. The van der Waals surface area contributed by atoms with E-state index in [4.69, 9.17) is 4.74 Å². The van der Waals surface area contributed by atoms with Gasteiger partial charge in [-0.2, -0.15) is 0 Å². The molecule has 86 valence electrons. The van der Waals surface area contributed by atoms with Crippen molar-refractivity contribution in [2.75, 3.05) is 7.05 Å². The third-order valence-electron chi connectivity index (χ3n) is 1.45.